The van der Waals surface area contributed by atoms with Crippen molar-refractivity contribution in [3.8, 4) is 11.5 Å². The molecule has 3 rings (SSSR count). The average molecular weight is 369 g/mol. The van der Waals surface area contributed by atoms with Gasteiger partial charge in [0.05, 0.1) is 0 Å². The summed E-state index contributed by atoms with van der Waals surface area (Å²) in [5.74, 6) is 1.84. The topological polar surface area (TPSA) is 54.9 Å². The van der Waals surface area contributed by atoms with E-state index in [9.17, 15) is 4.79 Å². The second-order valence-electron chi connectivity index (χ2n) is 7.45. The number of pyridine rings is 1. The van der Waals surface area contributed by atoms with Crippen molar-refractivity contribution >= 4 is 5.91 Å². The Balaban J connectivity index is 1.88. The summed E-state index contributed by atoms with van der Waals surface area (Å²) in [5, 5.41) is 0. The van der Waals surface area contributed by atoms with Crippen molar-refractivity contribution in [1.82, 2.24) is 14.8 Å². The van der Waals surface area contributed by atoms with Crippen LogP contribution in [0, 0.1) is 5.92 Å². The standard InChI is InChI=1S/C21H27N3O3/c1-15(2)12-24(13-16-6-5-9-22-11-16)21(25)20(23(3)4)17-7-8-18-19(10-17)27-14-26-18/h5-11,15,20H,12-14H2,1-4H3/t20-/m0/s1. The van der Waals surface area contributed by atoms with Gasteiger partial charge in [-0.2, -0.15) is 0 Å². The predicted molar refractivity (Wildman–Crippen MR) is 103 cm³/mol. The van der Waals surface area contributed by atoms with E-state index in [-0.39, 0.29) is 12.7 Å². The molecule has 0 bridgehead atoms. The Bertz CT molecular complexity index is 777. The summed E-state index contributed by atoms with van der Waals surface area (Å²) >= 11 is 0. The first-order valence-electron chi connectivity index (χ1n) is 9.19. The highest BCUT2D eigenvalue weighted by Gasteiger charge is 2.30. The van der Waals surface area contributed by atoms with Crippen molar-refractivity contribution in [2.45, 2.75) is 26.4 Å². The molecule has 1 atom stereocenters. The Labute approximate surface area is 160 Å². The number of ether oxygens (including phenoxy) is 2. The number of hydrogen-bond donors (Lipinski definition) is 0. The number of carbonyl (C=O) groups is 1. The Morgan fingerprint density at radius 3 is 2.63 bits per heavy atom. The molecule has 0 aliphatic carbocycles. The highest BCUT2D eigenvalue weighted by Crippen LogP contribution is 2.35. The number of amides is 1. The smallest absolute Gasteiger partial charge is 0.244 e. The van der Waals surface area contributed by atoms with Gasteiger partial charge in [-0.15, -0.1) is 0 Å². The first-order valence-corrected chi connectivity index (χ1v) is 9.19. The summed E-state index contributed by atoms with van der Waals surface area (Å²) in [5.41, 5.74) is 1.92. The minimum atomic E-state index is -0.394. The Hall–Kier alpha value is -2.60. The summed E-state index contributed by atoms with van der Waals surface area (Å²) in [4.78, 5) is 21.5. The lowest BCUT2D eigenvalue weighted by Gasteiger charge is -2.32. The molecular formula is C21H27N3O3. The van der Waals surface area contributed by atoms with Gasteiger partial charge in [-0.1, -0.05) is 26.0 Å². The van der Waals surface area contributed by atoms with E-state index in [1.807, 2.05) is 60.4 Å². The summed E-state index contributed by atoms with van der Waals surface area (Å²) in [6.07, 6.45) is 3.55. The number of likely N-dealkylation sites (N-methyl/N-ethyl adjacent to an activating group) is 1. The van der Waals surface area contributed by atoms with Crippen molar-refractivity contribution in [2.24, 2.45) is 5.92 Å². The number of rotatable bonds is 7. The van der Waals surface area contributed by atoms with E-state index in [0.29, 0.717) is 24.8 Å². The first-order chi connectivity index (χ1) is 13.0. The molecule has 0 spiro atoms. The van der Waals surface area contributed by atoms with Crippen molar-refractivity contribution in [3.05, 3.63) is 53.9 Å². The second-order valence-corrected chi connectivity index (χ2v) is 7.45. The van der Waals surface area contributed by atoms with E-state index in [0.717, 1.165) is 16.9 Å². The molecule has 0 N–H and O–H groups in total. The molecule has 0 unspecified atom stereocenters. The zero-order valence-electron chi connectivity index (χ0n) is 16.4. The Kier molecular flexibility index (Phi) is 5.96. The number of nitrogens with zero attached hydrogens (tertiary/aromatic N) is 3. The van der Waals surface area contributed by atoms with Crippen LogP contribution in [-0.2, 0) is 11.3 Å². The summed E-state index contributed by atoms with van der Waals surface area (Å²) in [7, 11) is 3.84. The lowest BCUT2D eigenvalue weighted by molar-refractivity contribution is -0.137. The molecule has 0 saturated carbocycles. The number of aromatic nitrogens is 1. The predicted octanol–water partition coefficient (Wildman–Crippen LogP) is 3.10. The van der Waals surface area contributed by atoms with Gasteiger partial charge in [-0.3, -0.25) is 14.7 Å². The largest absolute Gasteiger partial charge is 0.454 e. The SMILES string of the molecule is CC(C)CN(Cc1cccnc1)C(=O)[C@H](c1ccc2c(c1)OCO2)N(C)C. The zero-order valence-corrected chi connectivity index (χ0v) is 16.4. The summed E-state index contributed by atoms with van der Waals surface area (Å²) < 4.78 is 10.9. The van der Waals surface area contributed by atoms with Gasteiger partial charge < -0.3 is 14.4 Å². The number of carbonyl (C=O) groups excluding carboxylic acids is 1. The third kappa shape index (κ3) is 4.57. The summed E-state index contributed by atoms with van der Waals surface area (Å²) in [6.45, 7) is 5.69. The molecule has 0 fully saturated rings. The van der Waals surface area contributed by atoms with E-state index >= 15 is 0 Å². The third-order valence-electron chi connectivity index (χ3n) is 4.46. The Morgan fingerprint density at radius 2 is 1.96 bits per heavy atom. The maximum atomic E-state index is 13.5. The molecular weight excluding hydrogens is 342 g/mol. The van der Waals surface area contributed by atoms with Crippen LogP contribution in [0.25, 0.3) is 0 Å². The van der Waals surface area contributed by atoms with Gasteiger partial charge in [0, 0.05) is 25.5 Å². The molecule has 1 amide bonds. The summed E-state index contributed by atoms with van der Waals surface area (Å²) in [6, 6.07) is 9.22. The normalized spacial score (nSPS) is 13.9. The van der Waals surface area contributed by atoms with Crippen molar-refractivity contribution in [2.75, 3.05) is 27.4 Å². The van der Waals surface area contributed by atoms with Gasteiger partial charge in [0.1, 0.15) is 6.04 Å². The fraction of sp³-hybridized carbons (Fsp3) is 0.429. The van der Waals surface area contributed by atoms with Gasteiger partial charge >= 0.3 is 0 Å². The van der Waals surface area contributed by atoms with Crippen LogP contribution in [0.2, 0.25) is 0 Å². The lowest BCUT2D eigenvalue weighted by atomic mass is 10.0. The van der Waals surface area contributed by atoms with Crippen LogP contribution in [0.4, 0.5) is 0 Å². The molecule has 1 aromatic carbocycles. The molecule has 1 aliphatic heterocycles. The maximum Gasteiger partial charge on any atom is 0.244 e. The fourth-order valence-corrected chi connectivity index (χ4v) is 3.30. The van der Waals surface area contributed by atoms with Crippen LogP contribution < -0.4 is 9.47 Å². The number of hydrogen-bond acceptors (Lipinski definition) is 5. The third-order valence-corrected chi connectivity index (χ3v) is 4.46. The van der Waals surface area contributed by atoms with Gasteiger partial charge in [0.15, 0.2) is 11.5 Å². The van der Waals surface area contributed by atoms with Crippen molar-refractivity contribution in [1.29, 1.82) is 0 Å². The van der Waals surface area contributed by atoms with Crippen LogP contribution in [0.15, 0.2) is 42.7 Å². The van der Waals surface area contributed by atoms with Crippen LogP contribution >= 0.6 is 0 Å². The zero-order chi connectivity index (χ0) is 19.4. The minimum Gasteiger partial charge on any atom is -0.454 e. The van der Waals surface area contributed by atoms with Gasteiger partial charge in [0.25, 0.3) is 0 Å². The van der Waals surface area contributed by atoms with Crippen molar-refractivity contribution < 1.29 is 14.3 Å². The molecule has 0 radical (unpaired) electrons. The van der Waals surface area contributed by atoms with Crippen LogP contribution in [0.5, 0.6) is 11.5 Å². The molecule has 27 heavy (non-hydrogen) atoms. The monoisotopic (exact) mass is 369 g/mol. The molecule has 2 aromatic rings. The second kappa shape index (κ2) is 8.39. The highest BCUT2D eigenvalue weighted by molar-refractivity contribution is 5.83. The van der Waals surface area contributed by atoms with E-state index < -0.39 is 6.04 Å². The van der Waals surface area contributed by atoms with Crippen molar-refractivity contribution in [3.63, 3.8) is 0 Å². The average Bonchev–Trinajstić information content (AvgIpc) is 3.09. The molecule has 6 nitrogen and oxygen atoms in total. The molecule has 2 heterocycles. The number of benzene rings is 1. The van der Waals surface area contributed by atoms with Gasteiger partial charge in [0.2, 0.25) is 12.7 Å². The lowest BCUT2D eigenvalue weighted by Crippen LogP contribution is -2.41. The Morgan fingerprint density at radius 1 is 1.19 bits per heavy atom. The van der Waals surface area contributed by atoms with E-state index in [2.05, 4.69) is 18.8 Å². The van der Waals surface area contributed by atoms with E-state index in [4.69, 9.17) is 9.47 Å². The van der Waals surface area contributed by atoms with E-state index in [1.165, 1.54) is 0 Å². The minimum absolute atomic E-state index is 0.0661. The molecule has 1 aromatic heterocycles. The van der Waals surface area contributed by atoms with Gasteiger partial charge in [-0.25, -0.2) is 0 Å². The molecule has 6 heteroatoms. The fourth-order valence-electron chi connectivity index (χ4n) is 3.30. The quantitative estimate of drug-likeness (QED) is 0.751. The maximum absolute atomic E-state index is 13.5. The van der Waals surface area contributed by atoms with Crippen LogP contribution in [0.3, 0.4) is 0 Å². The molecule has 1 aliphatic rings. The first kappa shape index (κ1) is 19.2. The number of fused-ring (bicyclic) bond motifs is 1. The van der Waals surface area contributed by atoms with Gasteiger partial charge in [-0.05, 0) is 49.3 Å². The molecule has 0 saturated heterocycles. The molecule has 144 valence electrons. The highest BCUT2D eigenvalue weighted by atomic mass is 16.7. The van der Waals surface area contributed by atoms with Crippen LogP contribution in [-0.4, -0.2) is 48.1 Å². The van der Waals surface area contributed by atoms with E-state index in [1.54, 1.807) is 6.20 Å². The van der Waals surface area contributed by atoms with Crippen LogP contribution in [0.1, 0.15) is 31.0 Å².